The molecule has 164 valence electrons. The van der Waals surface area contributed by atoms with Gasteiger partial charge in [-0.05, 0) is 55.4 Å². The van der Waals surface area contributed by atoms with Gasteiger partial charge in [-0.2, -0.15) is 0 Å². The second kappa shape index (κ2) is 10.6. The van der Waals surface area contributed by atoms with Crippen LogP contribution in [0.25, 0.3) is 10.9 Å². The Morgan fingerprint density at radius 3 is 2.74 bits per heavy atom. The molecule has 1 aromatic heterocycles. The van der Waals surface area contributed by atoms with Gasteiger partial charge in [-0.1, -0.05) is 30.2 Å². The van der Waals surface area contributed by atoms with Gasteiger partial charge in [0.2, 0.25) is 5.91 Å². The van der Waals surface area contributed by atoms with E-state index in [-0.39, 0.29) is 11.5 Å². The molecule has 31 heavy (non-hydrogen) atoms. The van der Waals surface area contributed by atoms with Crippen LogP contribution >= 0.6 is 23.8 Å². The molecule has 1 N–H and O–H groups in total. The van der Waals surface area contributed by atoms with Crippen molar-refractivity contribution in [2.24, 2.45) is 0 Å². The van der Waals surface area contributed by atoms with Crippen LogP contribution in [0.2, 0.25) is 5.02 Å². The maximum atomic E-state index is 12.7. The molecule has 1 amide bonds. The number of carbonyl (C=O) groups excluding carboxylic acids is 1. The van der Waals surface area contributed by atoms with Crippen LogP contribution in [-0.2, 0) is 17.9 Å². The number of methoxy groups -OCH3 is 1. The molecule has 0 bridgehead atoms. The topological polar surface area (TPSA) is 67.3 Å². The quantitative estimate of drug-likeness (QED) is 0.363. The Balaban J connectivity index is 1.49. The number of rotatable bonds is 9. The summed E-state index contributed by atoms with van der Waals surface area (Å²) >= 11 is 11.4. The average molecular weight is 460 g/mol. The van der Waals surface area contributed by atoms with Crippen LogP contribution in [0.1, 0.15) is 31.2 Å². The number of carbonyl (C=O) groups is 1. The molecular weight excluding hydrogens is 434 g/mol. The molecule has 6 nitrogen and oxygen atoms in total. The average Bonchev–Trinajstić information content (AvgIpc) is 2.75. The molecular formula is C23H26ClN3O3S. The zero-order chi connectivity index (χ0) is 22.4. The number of fused-ring (bicyclic) bond motifs is 1. The van der Waals surface area contributed by atoms with Crippen molar-refractivity contribution in [1.82, 2.24) is 14.5 Å². The summed E-state index contributed by atoms with van der Waals surface area (Å²) < 4.78 is 7.37. The van der Waals surface area contributed by atoms with Crippen molar-refractivity contribution in [3.63, 3.8) is 0 Å². The molecule has 0 aliphatic heterocycles. The molecule has 0 spiro atoms. The predicted molar refractivity (Wildman–Crippen MR) is 126 cm³/mol. The third kappa shape index (κ3) is 5.74. The number of amides is 1. The number of ether oxygens (including phenoxy) is 1. The minimum Gasteiger partial charge on any atom is -0.496 e. The van der Waals surface area contributed by atoms with Crippen LogP contribution in [-0.4, -0.2) is 34.5 Å². The van der Waals surface area contributed by atoms with Gasteiger partial charge < -0.3 is 14.6 Å². The van der Waals surface area contributed by atoms with E-state index < -0.39 is 0 Å². The van der Waals surface area contributed by atoms with E-state index in [2.05, 4.69) is 4.98 Å². The van der Waals surface area contributed by atoms with Crippen molar-refractivity contribution in [3.05, 3.63) is 68.2 Å². The number of H-pyrrole nitrogens is 1. The van der Waals surface area contributed by atoms with Gasteiger partial charge in [-0.3, -0.25) is 14.2 Å². The normalized spacial score (nSPS) is 10.9. The molecule has 3 rings (SSSR count). The summed E-state index contributed by atoms with van der Waals surface area (Å²) in [6.07, 6.45) is 2.79. The van der Waals surface area contributed by atoms with Gasteiger partial charge in [0.1, 0.15) is 5.75 Å². The van der Waals surface area contributed by atoms with Crippen molar-refractivity contribution < 1.29 is 9.53 Å². The van der Waals surface area contributed by atoms with Gasteiger partial charge in [-0.25, -0.2) is 0 Å². The maximum absolute atomic E-state index is 12.7. The fourth-order valence-corrected chi connectivity index (χ4v) is 4.01. The molecule has 8 heteroatoms. The van der Waals surface area contributed by atoms with E-state index in [9.17, 15) is 9.59 Å². The van der Waals surface area contributed by atoms with Crippen LogP contribution in [0, 0.1) is 4.77 Å². The van der Waals surface area contributed by atoms with E-state index >= 15 is 0 Å². The number of nitrogens with one attached hydrogen (secondary N) is 1. The monoisotopic (exact) mass is 459 g/mol. The highest BCUT2D eigenvalue weighted by molar-refractivity contribution is 7.71. The number of para-hydroxylation sites is 1. The van der Waals surface area contributed by atoms with E-state index in [1.807, 2.05) is 24.3 Å². The lowest BCUT2D eigenvalue weighted by molar-refractivity contribution is -0.130. The number of unbranched alkanes of at least 4 members (excludes halogenated alkanes) is 2. The molecule has 0 fully saturated rings. The van der Waals surface area contributed by atoms with Gasteiger partial charge in [0.25, 0.3) is 5.56 Å². The van der Waals surface area contributed by atoms with Crippen LogP contribution in [0.15, 0.2) is 47.3 Å². The minimum absolute atomic E-state index is 0.0576. The third-order valence-corrected chi connectivity index (χ3v) is 5.80. The summed E-state index contributed by atoms with van der Waals surface area (Å²) in [7, 11) is 3.37. The first-order valence-electron chi connectivity index (χ1n) is 10.2. The molecule has 1 heterocycles. The summed E-state index contributed by atoms with van der Waals surface area (Å²) in [6, 6.07) is 12.7. The number of aromatic amines is 1. The zero-order valence-electron chi connectivity index (χ0n) is 17.7. The molecule has 0 radical (unpaired) electrons. The minimum atomic E-state index is -0.0781. The number of aromatic nitrogens is 2. The Bertz CT molecular complexity index is 1190. The Morgan fingerprint density at radius 1 is 1.19 bits per heavy atom. The lowest BCUT2D eigenvalue weighted by Crippen LogP contribution is -2.26. The highest BCUT2D eigenvalue weighted by Crippen LogP contribution is 2.24. The molecule has 3 aromatic rings. The third-order valence-electron chi connectivity index (χ3n) is 5.24. The largest absolute Gasteiger partial charge is 0.496 e. The standard InChI is InChI=1S/C23H26ClN3O3S/c1-26(15-16-14-17(24)11-12-20(16)30-2)21(28)10-4-3-7-13-27-22(29)18-8-5-6-9-19(18)25-23(27)31/h5-6,8-9,11-12,14H,3-4,7,10,13,15H2,1-2H3,(H,25,31). The van der Waals surface area contributed by atoms with Crippen LogP contribution in [0.5, 0.6) is 5.75 Å². The molecule has 0 aliphatic rings. The molecule has 0 aliphatic carbocycles. The molecule has 0 atom stereocenters. The predicted octanol–water partition coefficient (Wildman–Crippen LogP) is 4.94. The number of benzene rings is 2. The van der Waals surface area contributed by atoms with Gasteiger partial charge in [-0.15, -0.1) is 0 Å². The first kappa shape index (κ1) is 23.0. The maximum Gasteiger partial charge on any atom is 0.262 e. The Hall–Kier alpha value is -2.64. The molecule has 0 unspecified atom stereocenters. The van der Waals surface area contributed by atoms with E-state index in [1.165, 1.54) is 0 Å². The first-order chi connectivity index (χ1) is 14.9. The number of nitrogens with zero attached hydrogens (tertiary/aromatic N) is 2. The lowest BCUT2D eigenvalue weighted by Gasteiger charge is -2.19. The van der Waals surface area contributed by atoms with E-state index in [1.54, 1.807) is 41.8 Å². The van der Waals surface area contributed by atoms with Crippen LogP contribution in [0.3, 0.4) is 0 Å². The highest BCUT2D eigenvalue weighted by Gasteiger charge is 2.12. The summed E-state index contributed by atoms with van der Waals surface area (Å²) in [5.74, 6) is 0.767. The SMILES string of the molecule is COc1ccc(Cl)cc1CN(C)C(=O)CCCCCn1c(=S)[nH]c2ccccc2c1=O. The van der Waals surface area contributed by atoms with Crippen LogP contribution < -0.4 is 10.3 Å². The van der Waals surface area contributed by atoms with E-state index in [0.717, 1.165) is 30.3 Å². The number of halogens is 1. The smallest absolute Gasteiger partial charge is 0.262 e. The Morgan fingerprint density at radius 2 is 1.97 bits per heavy atom. The Labute approximate surface area is 191 Å². The van der Waals surface area contributed by atoms with Crippen molar-refractivity contribution in [3.8, 4) is 5.75 Å². The second-order valence-electron chi connectivity index (χ2n) is 7.45. The van der Waals surface area contributed by atoms with Crippen molar-refractivity contribution in [2.45, 2.75) is 38.8 Å². The number of hydrogen-bond acceptors (Lipinski definition) is 4. The molecule has 0 saturated carbocycles. The summed E-state index contributed by atoms with van der Waals surface area (Å²) in [4.78, 5) is 29.9. The van der Waals surface area contributed by atoms with Crippen molar-refractivity contribution >= 4 is 40.6 Å². The zero-order valence-corrected chi connectivity index (χ0v) is 19.3. The summed E-state index contributed by atoms with van der Waals surface area (Å²) in [5.41, 5.74) is 1.54. The second-order valence-corrected chi connectivity index (χ2v) is 8.27. The summed E-state index contributed by atoms with van der Waals surface area (Å²) in [5, 5.41) is 1.24. The van der Waals surface area contributed by atoms with Gasteiger partial charge >= 0.3 is 0 Å². The van der Waals surface area contributed by atoms with E-state index in [4.69, 9.17) is 28.6 Å². The van der Waals surface area contributed by atoms with Crippen molar-refractivity contribution in [2.75, 3.05) is 14.2 Å². The highest BCUT2D eigenvalue weighted by atomic mass is 35.5. The van der Waals surface area contributed by atoms with Crippen LogP contribution in [0.4, 0.5) is 0 Å². The summed E-state index contributed by atoms with van der Waals surface area (Å²) in [6.45, 7) is 0.965. The molecule has 0 saturated heterocycles. The Kier molecular flexibility index (Phi) is 7.87. The van der Waals surface area contributed by atoms with Gasteiger partial charge in [0.15, 0.2) is 4.77 Å². The first-order valence-corrected chi connectivity index (χ1v) is 11.0. The van der Waals surface area contributed by atoms with E-state index in [0.29, 0.717) is 40.4 Å². The van der Waals surface area contributed by atoms with Gasteiger partial charge in [0.05, 0.1) is 18.0 Å². The fourth-order valence-electron chi connectivity index (χ4n) is 3.53. The van der Waals surface area contributed by atoms with Crippen molar-refractivity contribution in [1.29, 1.82) is 0 Å². The molecule has 2 aromatic carbocycles. The lowest BCUT2D eigenvalue weighted by atomic mass is 10.1. The van der Waals surface area contributed by atoms with Gasteiger partial charge in [0, 0.05) is 37.1 Å². The fraction of sp³-hybridized carbons (Fsp3) is 0.348. The number of hydrogen-bond donors (Lipinski definition) is 1.